The molecule has 1 heterocycles. The molecule has 1 unspecified atom stereocenters. The molecule has 0 saturated carbocycles. The molecule has 180 valence electrons. The number of hydrogen-bond acceptors (Lipinski definition) is 4. The Morgan fingerprint density at radius 2 is 2.03 bits per heavy atom. The van der Waals surface area contributed by atoms with Gasteiger partial charge in [0.25, 0.3) is 0 Å². The third-order valence-electron chi connectivity index (χ3n) is 5.91. The van der Waals surface area contributed by atoms with Crippen LogP contribution < -0.4 is 11.1 Å². The van der Waals surface area contributed by atoms with E-state index in [9.17, 15) is 0 Å². The minimum Gasteiger partial charge on any atom is -0.480 e. The SMILES string of the molecule is C=C(NCc1ccc(/C=C\C(C)CCCC)c(C)c1)OCCCCn1cnc(C(=C)N)c1C. The minimum atomic E-state index is 0.510. The van der Waals surface area contributed by atoms with Crippen molar-refractivity contribution in [3.63, 3.8) is 0 Å². The summed E-state index contributed by atoms with van der Waals surface area (Å²) < 4.78 is 7.86. The highest BCUT2D eigenvalue weighted by molar-refractivity contribution is 5.58. The van der Waals surface area contributed by atoms with Gasteiger partial charge < -0.3 is 20.4 Å². The Morgan fingerprint density at radius 3 is 2.70 bits per heavy atom. The second kappa shape index (κ2) is 13.6. The average molecular weight is 451 g/mol. The molecular weight excluding hydrogens is 408 g/mol. The summed E-state index contributed by atoms with van der Waals surface area (Å²) in [6.07, 6.45) is 12.1. The van der Waals surface area contributed by atoms with Gasteiger partial charge >= 0.3 is 0 Å². The van der Waals surface area contributed by atoms with E-state index < -0.39 is 0 Å². The highest BCUT2D eigenvalue weighted by atomic mass is 16.5. The fourth-order valence-corrected chi connectivity index (χ4v) is 3.74. The minimum absolute atomic E-state index is 0.510. The van der Waals surface area contributed by atoms with Crippen molar-refractivity contribution in [2.24, 2.45) is 11.7 Å². The largest absolute Gasteiger partial charge is 0.480 e. The number of nitrogens with one attached hydrogen (secondary N) is 1. The van der Waals surface area contributed by atoms with Crippen LogP contribution in [0, 0.1) is 19.8 Å². The van der Waals surface area contributed by atoms with Gasteiger partial charge in [-0.2, -0.15) is 0 Å². The average Bonchev–Trinajstić information content (AvgIpc) is 3.15. The summed E-state index contributed by atoms with van der Waals surface area (Å²) in [6.45, 7) is 18.7. The molecule has 5 heteroatoms. The molecule has 0 fully saturated rings. The molecule has 0 radical (unpaired) electrons. The third-order valence-corrected chi connectivity index (χ3v) is 5.91. The predicted molar refractivity (Wildman–Crippen MR) is 140 cm³/mol. The smallest absolute Gasteiger partial charge is 0.179 e. The summed E-state index contributed by atoms with van der Waals surface area (Å²) in [7, 11) is 0. The molecule has 2 aromatic rings. The van der Waals surface area contributed by atoms with Crippen LogP contribution in [-0.2, 0) is 17.8 Å². The van der Waals surface area contributed by atoms with Gasteiger partial charge in [0.2, 0.25) is 0 Å². The van der Waals surface area contributed by atoms with Crippen molar-refractivity contribution in [3.8, 4) is 0 Å². The first-order chi connectivity index (χ1) is 15.8. The zero-order valence-electron chi connectivity index (χ0n) is 21.0. The van der Waals surface area contributed by atoms with E-state index in [2.05, 4.69) is 79.1 Å². The van der Waals surface area contributed by atoms with Crippen LogP contribution in [0.15, 0.2) is 49.6 Å². The number of imidazole rings is 1. The van der Waals surface area contributed by atoms with E-state index in [1.807, 2.05) is 13.3 Å². The second-order valence-electron chi connectivity index (χ2n) is 8.90. The Morgan fingerprint density at radius 1 is 1.24 bits per heavy atom. The molecule has 1 aromatic heterocycles. The molecule has 33 heavy (non-hydrogen) atoms. The molecule has 0 aliphatic heterocycles. The highest BCUT2D eigenvalue weighted by Crippen LogP contribution is 2.17. The van der Waals surface area contributed by atoms with Gasteiger partial charge in [-0.25, -0.2) is 4.98 Å². The molecule has 2 rings (SSSR count). The third kappa shape index (κ3) is 8.83. The van der Waals surface area contributed by atoms with Crippen LogP contribution in [0.2, 0.25) is 0 Å². The summed E-state index contributed by atoms with van der Waals surface area (Å²) in [5, 5.41) is 3.28. The zero-order valence-corrected chi connectivity index (χ0v) is 21.0. The van der Waals surface area contributed by atoms with Gasteiger partial charge in [0.05, 0.1) is 18.6 Å². The monoisotopic (exact) mass is 450 g/mol. The normalized spacial score (nSPS) is 12.1. The number of rotatable bonds is 15. The highest BCUT2D eigenvalue weighted by Gasteiger charge is 2.07. The summed E-state index contributed by atoms with van der Waals surface area (Å²) in [5.74, 6) is 1.24. The molecule has 0 bridgehead atoms. The van der Waals surface area contributed by atoms with E-state index in [4.69, 9.17) is 10.5 Å². The van der Waals surface area contributed by atoms with Crippen molar-refractivity contribution >= 4 is 11.8 Å². The first kappa shape index (κ1) is 26.3. The van der Waals surface area contributed by atoms with Crippen LogP contribution in [0.5, 0.6) is 0 Å². The van der Waals surface area contributed by atoms with Gasteiger partial charge in [-0.05, 0) is 62.3 Å². The maximum absolute atomic E-state index is 5.75. The van der Waals surface area contributed by atoms with Crippen molar-refractivity contribution < 1.29 is 4.74 Å². The number of allylic oxidation sites excluding steroid dienone is 1. The number of ether oxygens (including phenoxy) is 1. The lowest BCUT2D eigenvalue weighted by Gasteiger charge is -2.13. The lowest BCUT2D eigenvalue weighted by Crippen LogP contribution is -2.15. The van der Waals surface area contributed by atoms with E-state index in [-0.39, 0.29) is 0 Å². The van der Waals surface area contributed by atoms with Crippen LogP contribution >= 0.6 is 0 Å². The van der Waals surface area contributed by atoms with Gasteiger partial charge in [-0.3, -0.25) is 0 Å². The summed E-state index contributed by atoms with van der Waals surface area (Å²) in [5.41, 5.74) is 11.9. The first-order valence-electron chi connectivity index (χ1n) is 12.1. The number of unbranched alkanes of at least 4 members (excludes halogenated alkanes) is 2. The van der Waals surface area contributed by atoms with Crippen LogP contribution in [-0.4, -0.2) is 16.2 Å². The zero-order chi connectivity index (χ0) is 24.2. The molecule has 0 aliphatic rings. The lowest BCUT2D eigenvalue weighted by atomic mass is 10.00. The van der Waals surface area contributed by atoms with Crippen molar-refractivity contribution in [2.75, 3.05) is 6.61 Å². The molecule has 0 aliphatic carbocycles. The van der Waals surface area contributed by atoms with Gasteiger partial charge in [-0.1, -0.05) is 63.6 Å². The van der Waals surface area contributed by atoms with Crippen LogP contribution in [0.25, 0.3) is 11.8 Å². The first-order valence-corrected chi connectivity index (χ1v) is 12.1. The summed E-state index contributed by atoms with van der Waals surface area (Å²) >= 11 is 0. The molecule has 5 nitrogen and oxygen atoms in total. The van der Waals surface area contributed by atoms with E-state index in [0.29, 0.717) is 30.6 Å². The number of nitrogens with two attached hydrogens (primary N) is 1. The molecular formula is C28H42N4O. The summed E-state index contributed by atoms with van der Waals surface area (Å²) in [6, 6.07) is 6.60. The van der Waals surface area contributed by atoms with Crippen molar-refractivity contribution in [1.82, 2.24) is 14.9 Å². The molecule has 1 atom stereocenters. The molecule has 1 aromatic carbocycles. The maximum atomic E-state index is 5.75. The molecule has 3 N–H and O–H groups in total. The van der Waals surface area contributed by atoms with E-state index in [0.717, 1.165) is 30.8 Å². The number of benzene rings is 1. The van der Waals surface area contributed by atoms with Crippen molar-refractivity contribution in [3.05, 3.63) is 77.7 Å². The number of aromatic nitrogens is 2. The Hall–Kier alpha value is -2.95. The number of nitrogens with zero attached hydrogens (tertiary/aromatic N) is 2. The fourth-order valence-electron chi connectivity index (χ4n) is 3.74. The molecule has 0 saturated heterocycles. The summed E-state index contributed by atoms with van der Waals surface area (Å²) in [4.78, 5) is 4.31. The quantitative estimate of drug-likeness (QED) is 0.246. The van der Waals surface area contributed by atoms with Gasteiger partial charge in [0.15, 0.2) is 5.88 Å². The van der Waals surface area contributed by atoms with Crippen LogP contribution in [0.1, 0.15) is 74.0 Å². The van der Waals surface area contributed by atoms with Crippen LogP contribution in [0.4, 0.5) is 0 Å². The van der Waals surface area contributed by atoms with Gasteiger partial charge in [-0.15, -0.1) is 0 Å². The van der Waals surface area contributed by atoms with Crippen LogP contribution in [0.3, 0.4) is 0 Å². The van der Waals surface area contributed by atoms with Crippen molar-refractivity contribution in [1.29, 1.82) is 0 Å². The Kier molecular flexibility index (Phi) is 10.8. The Bertz CT molecular complexity index is 941. The Balaban J connectivity index is 1.68. The maximum Gasteiger partial charge on any atom is 0.179 e. The molecule has 0 spiro atoms. The van der Waals surface area contributed by atoms with E-state index >= 15 is 0 Å². The van der Waals surface area contributed by atoms with Gasteiger partial charge in [0, 0.05) is 18.8 Å². The standard InChI is InChI=1S/C28H42N4O/c1-7-8-11-21(2)12-14-27-15-13-26(18-22(27)3)19-30-25(6)33-17-10-9-16-32-20-31-28(23(4)29)24(32)5/h12-15,18,20-21,30H,4,6-11,16-17,19,29H2,1-3,5H3/b14-12-. The van der Waals surface area contributed by atoms with E-state index in [1.54, 1.807) is 0 Å². The second-order valence-corrected chi connectivity index (χ2v) is 8.90. The Labute approximate surface area is 200 Å². The van der Waals surface area contributed by atoms with Gasteiger partial charge in [0.1, 0.15) is 5.69 Å². The lowest BCUT2D eigenvalue weighted by molar-refractivity contribution is 0.184. The van der Waals surface area contributed by atoms with Crippen molar-refractivity contribution in [2.45, 2.75) is 72.9 Å². The van der Waals surface area contributed by atoms with E-state index in [1.165, 1.54) is 36.0 Å². The predicted octanol–water partition coefficient (Wildman–Crippen LogP) is 6.33. The number of hydrogen-bond donors (Lipinski definition) is 2. The number of aryl methyl sites for hydroxylation is 2. The molecule has 0 amide bonds. The fraction of sp³-hybridized carbons (Fsp3) is 0.464. The topological polar surface area (TPSA) is 65.1 Å².